The molecule has 1 fully saturated rings. The summed E-state index contributed by atoms with van der Waals surface area (Å²) in [4.78, 5) is 24.9. The van der Waals surface area contributed by atoms with Gasteiger partial charge in [-0.2, -0.15) is 0 Å². The Morgan fingerprint density at radius 2 is 2.19 bits per heavy atom. The predicted octanol–water partition coefficient (Wildman–Crippen LogP) is 1.63. The van der Waals surface area contributed by atoms with Gasteiger partial charge in [0.05, 0.1) is 24.7 Å². The number of Topliss-reactive ketones (excluding diaryl/α,β-unsaturated/α-hetero) is 1. The number of hydrogen-bond acceptors (Lipinski definition) is 5. The van der Waals surface area contributed by atoms with Gasteiger partial charge in [-0.05, 0) is 19.4 Å². The van der Waals surface area contributed by atoms with Gasteiger partial charge in [-0.15, -0.1) is 0 Å². The zero-order valence-electron chi connectivity index (χ0n) is 12.8. The molecule has 1 aliphatic rings. The zero-order valence-corrected chi connectivity index (χ0v) is 12.8. The molecule has 1 atom stereocenters. The van der Waals surface area contributed by atoms with Crippen molar-refractivity contribution in [2.24, 2.45) is 0 Å². The monoisotopic (exact) mass is 294 g/mol. The van der Waals surface area contributed by atoms with Gasteiger partial charge in [0.1, 0.15) is 5.76 Å². The Morgan fingerprint density at radius 1 is 1.48 bits per heavy atom. The Morgan fingerprint density at radius 3 is 2.76 bits per heavy atom. The van der Waals surface area contributed by atoms with Crippen molar-refractivity contribution in [3.63, 3.8) is 0 Å². The lowest BCUT2D eigenvalue weighted by Gasteiger charge is -2.20. The molecule has 0 saturated carbocycles. The van der Waals surface area contributed by atoms with Gasteiger partial charge in [0.15, 0.2) is 5.78 Å². The third-order valence-corrected chi connectivity index (χ3v) is 3.75. The minimum Gasteiger partial charge on any atom is -0.480 e. The van der Waals surface area contributed by atoms with Crippen LogP contribution in [-0.2, 0) is 21.4 Å². The molecule has 0 spiro atoms. The highest BCUT2D eigenvalue weighted by Gasteiger charge is 2.32. The Kier molecular flexibility index (Phi) is 4.46. The van der Waals surface area contributed by atoms with E-state index in [4.69, 9.17) is 9.63 Å². The largest absolute Gasteiger partial charge is 0.480 e. The molecular formula is C15H22N2O4. The second-order valence-corrected chi connectivity index (χ2v) is 6.59. The quantitative estimate of drug-likeness (QED) is 0.888. The Hall–Kier alpha value is -1.69. The van der Waals surface area contributed by atoms with E-state index < -0.39 is 5.97 Å². The van der Waals surface area contributed by atoms with Crippen LogP contribution in [0.1, 0.15) is 45.1 Å². The van der Waals surface area contributed by atoms with Crippen LogP contribution in [0.15, 0.2) is 10.6 Å². The number of rotatable bonds is 5. The molecule has 0 radical (unpaired) electrons. The number of nitrogens with zero attached hydrogens (tertiary/aromatic N) is 2. The summed E-state index contributed by atoms with van der Waals surface area (Å²) in [5, 5.41) is 12.9. The highest BCUT2D eigenvalue weighted by molar-refractivity contribution is 5.86. The molecule has 1 N–H and O–H groups in total. The summed E-state index contributed by atoms with van der Waals surface area (Å²) in [5.41, 5.74) is 0.701. The molecule has 1 aliphatic heterocycles. The van der Waals surface area contributed by atoms with Crippen LogP contribution in [0.2, 0.25) is 0 Å². The van der Waals surface area contributed by atoms with Crippen LogP contribution >= 0.6 is 0 Å². The molecule has 1 aromatic rings. The van der Waals surface area contributed by atoms with E-state index in [1.54, 1.807) is 4.90 Å². The summed E-state index contributed by atoms with van der Waals surface area (Å²) in [7, 11) is 0. The van der Waals surface area contributed by atoms with E-state index in [1.807, 2.05) is 26.8 Å². The Labute approximate surface area is 124 Å². The minimum atomic E-state index is -0.899. The number of likely N-dealkylation sites (tertiary alicyclic amines) is 1. The second-order valence-electron chi connectivity index (χ2n) is 6.59. The van der Waals surface area contributed by atoms with Crippen LogP contribution in [0.5, 0.6) is 0 Å². The van der Waals surface area contributed by atoms with Crippen LogP contribution in [-0.4, -0.2) is 46.0 Å². The summed E-state index contributed by atoms with van der Waals surface area (Å²) in [6.45, 7) is 6.67. The lowest BCUT2D eigenvalue weighted by Crippen LogP contribution is -2.40. The number of carbonyl (C=O) groups excluding carboxylic acids is 1. The molecule has 0 bridgehead atoms. The van der Waals surface area contributed by atoms with Crippen molar-refractivity contribution in [3.05, 3.63) is 17.5 Å². The number of ketones is 1. The van der Waals surface area contributed by atoms with Crippen molar-refractivity contribution >= 4 is 11.8 Å². The van der Waals surface area contributed by atoms with E-state index in [0.29, 0.717) is 18.7 Å². The third kappa shape index (κ3) is 3.91. The summed E-state index contributed by atoms with van der Waals surface area (Å²) in [5.74, 6) is -0.346. The van der Waals surface area contributed by atoms with Gasteiger partial charge in [0.2, 0.25) is 0 Å². The standard InChI is InChI=1S/C15H22N2O4/c1-15(2,3)13-8-10(21-16-13)7-12(18)11-5-4-6-17(11)9-14(19)20/h8,11H,4-7,9H2,1-3H3,(H,19,20)/t11-/m0/s1. The molecule has 0 aromatic carbocycles. The van der Waals surface area contributed by atoms with Crippen LogP contribution in [0, 0.1) is 0 Å². The predicted molar refractivity (Wildman–Crippen MR) is 76.1 cm³/mol. The van der Waals surface area contributed by atoms with E-state index in [0.717, 1.165) is 12.1 Å². The molecule has 2 rings (SSSR count). The summed E-state index contributed by atoms with van der Waals surface area (Å²) in [6, 6.07) is 1.50. The molecule has 116 valence electrons. The van der Waals surface area contributed by atoms with Gasteiger partial charge in [-0.25, -0.2) is 0 Å². The number of aromatic nitrogens is 1. The van der Waals surface area contributed by atoms with Crippen LogP contribution in [0.3, 0.4) is 0 Å². The molecule has 2 heterocycles. The fourth-order valence-electron chi connectivity index (χ4n) is 2.59. The smallest absolute Gasteiger partial charge is 0.317 e. The van der Waals surface area contributed by atoms with Crippen molar-refractivity contribution in [3.8, 4) is 0 Å². The van der Waals surface area contributed by atoms with Gasteiger partial charge in [-0.1, -0.05) is 25.9 Å². The fourth-order valence-corrected chi connectivity index (χ4v) is 2.59. The van der Waals surface area contributed by atoms with Gasteiger partial charge in [0.25, 0.3) is 0 Å². The maximum Gasteiger partial charge on any atom is 0.317 e. The number of carboxylic acid groups (broad SMARTS) is 1. The molecule has 6 heteroatoms. The number of hydrogen-bond donors (Lipinski definition) is 1. The normalized spacial score (nSPS) is 19.9. The number of carbonyl (C=O) groups is 2. The molecule has 21 heavy (non-hydrogen) atoms. The lowest BCUT2D eigenvalue weighted by molar-refractivity contribution is -0.139. The summed E-state index contributed by atoms with van der Waals surface area (Å²) < 4.78 is 5.23. The molecule has 0 amide bonds. The average molecular weight is 294 g/mol. The maximum atomic E-state index is 12.3. The van der Waals surface area contributed by atoms with E-state index >= 15 is 0 Å². The minimum absolute atomic E-state index is 0.00496. The van der Waals surface area contributed by atoms with Gasteiger partial charge in [0, 0.05) is 11.5 Å². The highest BCUT2D eigenvalue weighted by atomic mass is 16.5. The maximum absolute atomic E-state index is 12.3. The first-order valence-corrected chi connectivity index (χ1v) is 7.22. The molecular weight excluding hydrogens is 272 g/mol. The topological polar surface area (TPSA) is 83.6 Å². The fraction of sp³-hybridized carbons (Fsp3) is 0.667. The van der Waals surface area contributed by atoms with Crippen molar-refractivity contribution in [2.75, 3.05) is 13.1 Å². The number of aliphatic carboxylic acids is 1. The summed E-state index contributed by atoms with van der Waals surface area (Å²) >= 11 is 0. The first-order chi connectivity index (χ1) is 9.77. The van der Waals surface area contributed by atoms with Gasteiger partial charge < -0.3 is 9.63 Å². The third-order valence-electron chi connectivity index (χ3n) is 3.75. The van der Waals surface area contributed by atoms with E-state index in [2.05, 4.69) is 5.16 Å². The van der Waals surface area contributed by atoms with Gasteiger partial charge in [-0.3, -0.25) is 14.5 Å². The van der Waals surface area contributed by atoms with Crippen molar-refractivity contribution in [1.82, 2.24) is 10.1 Å². The molecule has 0 aliphatic carbocycles. The first kappa shape index (κ1) is 15.7. The molecule has 0 unspecified atom stereocenters. The van der Waals surface area contributed by atoms with Crippen molar-refractivity contribution in [1.29, 1.82) is 0 Å². The first-order valence-electron chi connectivity index (χ1n) is 7.22. The average Bonchev–Trinajstić information content (AvgIpc) is 2.96. The molecule has 6 nitrogen and oxygen atoms in total. The number of carboxylic acids is 1. The molecule has 1 aromatic heterocycles. The van der Waals surface area contributed by atoms with Crippen molar-refractivity contribution < 1.29 is 19.2 Å². The van der Waals surface area contributed by atoms with Crippen LogP contribution in [0.25, 0.3) is 0 Å². The highest BCUT2D eigenvalue weighted by Crippen LogP contribution is 2.23. The molecule has 1 saturated heterocycles. The Bertz CT molecular complexity index is 530. The Balaban J connectivity index is 2.00. The van der Waals surface area contributed by atoms with E-state index in [1.165, 1.54) is 0 Å². The zero-order chi connectivity index (χ0) is 15.6. The van der Waals surface area contributed by atoms with Crippen molar-refractivity contribution in [2.45, 2.75) is 51.5 Å². The lowest BCUT2D eigenvalue weighted by atomic mass is 9.92. The van der Waals surface area contributed by atoms with Crippen LogP contribution in [0.4, 0.5) is 0 Å². The van der Waals surface area contributed by atoms with Crippen LogP contribution < -0.4 is 0 Å². The summed E-state index contributed by atoms with van der Waals surface area (Å²) in [6.07, 6.45) is 1.74. The van der Waals surface area contributed by atoms with E-state index in [9.17, 15) is 9.59 Å². The second kappa shape index (κ2) is 5.97. The SMILES string of the molecule is CC(C)(C)c1cc(CC(=O)[C@@H]2CCCN2CC(=O)O)on1. The van der Waals surface area contributed by atoms with Gasteiger partial charge >= 0.3 is 5.97 Å². The van der Waals surface area contributed by atoms with E-state index in [-0.39, 0.29) is 30.2 Å².